The number of thioether (sulfide) groups is 1. The van der Waals surface area contributed by atoms with Crippen LogP contribution in [-0.2, 0) is 5.75 Å². The van der Waals surface area contributed by atoms with Gasteiger partial charge in [-0.15, -0.1) is 11.3 Å². The smallest absolute Gasteiger partial charge is 0.141 e. The van der Waals surface area contributed by atoms with Crippen LogP contribution in [0.3, 0.4) is 0 Å². The van der Waals surface area contributed by atoms with Gasteiger partial charge in [-0.2, -0.15) is 11.8 Å². The number of hydrogen-bond acceptors (Lipinski definition) is 4. The Labute approximate surface area is 121 Å². The molecule has 0 aliphatic heterocycles. The lowest BCUT2D eigenvalue weighted by Crippen LogP contribution is -1.96. The Morgan fingerprint density at radius 3 is 2.67 bits per heavy atom. The Bertz CT molecular complexity index is 564. The fourth-order valence-corrected chi connectivity index (χ4v) is 4.03. The molecule has 0 N–H and O–H groups in total. The maximum absolute atomic E-state index is 6.27. The second kappa shape index (κ2) is 5.76. The van der Waals surface area contributed by atoms with Crippen molar-refractivity contribution in [1.29, 1.82) is 0 Å². The first kappa shape index (κ1) is 14.1. The van der Waals surface area contributed by atoms with Gasteiger partial charge < -0.3 is 0 Å². The predicted octanol–water partition coefficient (Wildman–Crippen LogP) is 4.85. The number of fused-ring (bicyclic) bond motifs is 1. The standard InChI is InChI=1S/C13H17ClN2S2/c1-7(2)5-17-6-10-15-12(14)11-8(3)9(4)18-13(11)16-10/h7H,5-6H2,1-4H3. The summed E-state index contributed by atoms with van der Waals surface area (Å²) in [5, 5.41) is 1.62. The summed E-state index contributed by atoms with van der Waals surface area (Å²) in [4.78, 5) is 11.3. The fraction of sp³-hybridized carbons (Fsp3) is 0.538. The molecular formula is C13H17ClN2S2. The van der Waals surface area contributed by atoms with E-state index in [0.29, 0.717) is 11.1 Å². The first-order chi connectivity index (χ1) is 8.49. The number of halogens is 1. The Hall–Kier alpha value is -0.320. The van der Waals surface area contributed by atoms with E-state index in [2.05, 4.69) is 37.7 Å². The first-order valence-electron chi connectivity index (χ1n) is 5.99. The minimum Gasteiger partial charge on any atom is -0.221 e. The SMILES string of the molecule is Cc1sc2nc(CSCC(C)C)nc(Cl)c2c1C. The van der Waals surface area contributed by atoms with Gasteiger partial charge in [0.1, 0.15) is 15.8 Å². The van der Waals surface area contributed by atoms with Crippen LogP contribution >= 0.6 is 34.7 Å². The molecule has 2 nitrogen and oxygen atoms in total. The molecule has 0 aromatic carbocycles. The lowest BCUT2D eigenvalue weighted by Gasteiger charge is -2.04. The van der Waals surface area contributed by atoms with Crippen molar-refractivity contribution in [3.8, 4) is 0 Å². The molecule has 0 saturated carbocycles. The second-order valence-electron chi connectivity index (χ2n) is 4.80. The van der Waals surface area contributed by atoms with Gasteiger partial charge in [-0.1, -0.05) is 25.4 Å². The number of aryl methyl sites for hydroxylation is 2. The molecule has 2 heterocycles. The third kappa shape index (κ3) is 2.98. The van der Waals surface area contributed by atoms with E-state index in [1.807, 2.05) is 11.8 Å². The molecule has 0 spiro atoms. The molecule has 0 aliphatic carbocycles. The maximum Gasteiger partial charge on any atom is 0.141 e. The molecule has 2 aromatic heterocycles. The van der Waals surface area contributed by atoms with Gasteiger partial charge in [0, 0.05) is 4.88 Å². The van der Waals surface area contributed by atoms with Crippen molar-refractivity contribution in [1.82, 2.24) is 9.97 Å². The number of rotatable bonds is 4. The topological polar surface area (TPSA) is 25.8 Å². The van der Waals surface area contributed by atoms with Crippen molar-refractivity contribution in [3.05, 3.63) is 21.4 Å². The van der Waals surface area contributed by atoms with Crippen molar-refractivity contribution in [2.45, 2.75) is 33.4 Å². The average molecular weight is 301 g/mol. The predicted molar refractivity (Wildman–Crippen MR) is 82.9 cm³/mol. The van der Waals surface area contributed by atoms with Crippen molar-refractivity contribution in [2.24, 2.45) is 5.92 Å². The largest absolute Gasteiger partial charge is 0.221 e. The van der Waals surface area contributed by atoms with E-state index < -0.39 is 0 Å². The summed E-state index contributed by atoms with van der Waals surface area (Å²) in [7, 11) is 0. The first-order valence-corrected chi connectivity index (χ1v) is 8.33. The number of thiophene rings is 1. The normalized spacial score (nSPS) is 11.7. The van der Waals surface area contributed by atoms with Gasteiger partial charge in [0.25, 0.3) is 0 Å². The van der Waals surface area contributed by atoms with E-state index in [1.54, 1.807) is 11.3 Å². The Kier molecular flexibility index (Phi) is 4.51. The van der Waals surface area contributed by atoms with Gasteiger partial charge in [0.2, 0.25) is 0 Å². The van der Waals surface area contributed by atoms with Crippen LogP contribution in [0.5, 0.6) is 0 Å². The van der Waals surface area contributed by atoms with E-state index in [0.717, 1.165) is 27.5 Å². The van der Waals surface area contributed by atoms with Crippen molar-refractivity contribution in [3.63, 3.8) is 0 Å². The summed E-state index contributed by atoms with van der Waals surface area (Å²) in [6.07, 6.45) is 0. The Morgan fingerprint density at radius 1 is 1.28 bits per heavy atom. The highest BCUT2D eigenvalue weighted by atomic mass is 35.5. The van der Waals surface area contributed by atoms with Gasteiger partial charge in [-0.3, -0.25) is 0 Å². The van der Waals surface area contributed by atoms with E-state index in [1.165, 1.54) is 10.4 Å². The molecule has 0 fully saturated rings. The molecule has 0 atom stereocenters. The minimum atomic E-state index is 0.599. The van der Waals surface area contributed by atoms with Crippen LogP contribution < -0.4 is 0 Å². The Morgan fingerprint density at radius 2 is 2.00 bits per heavy atom. The lowest BCUT2D eigenvalue weighted by molar-refractivity contribution is 0.750. The summed E-state index contributed by atoms with van der Waals surface area (Å²) in [5.74, 6) is 3.51. The summed E-state index contributed by atoms with van der Waals surface area (Å²) < 4.78 is 0. The van der Waals surface area contributed by atoms with Crippen LogP contribution in [0, 0.1) is 19.8 Å². The van der Waals surface area contributed by atoms with Gasteiger partial charge in [-0.25, -0.2) is 9.97 Å². The molecule has 2 aromatic rings. The van der Waals surface area contributed by atoms with Crippen molar-refractivity contribution < 1.29 is 0 Å². The van der Waals surface area contributed by atoms with Gasteiger partial charge >= 0.3 is 0 Å². The summed E-state index contributed by atoms with van der Waals surface area (Å²) in [6, 6.07) is 0. The van der Waals surface area contributed by atoms with Crippen molar-refractivity contribution >= 4 is 44.9 Å². The third-order valence-corrected chi connectivity index (χ3v) is 5.45. The van der Waals surface area contributed by atoms with Crippen LogP contribution in [0.2, 0.25) is 5.15 Å². The van der Waals surface area contributed by atoms with Crippen LogP contribution in [0.25, 0.3) is 10.2 Å². The quantitative estimate of drug-likeness (QED) is 0.755. The van der Waals surface area contributed by atoms with E-state index >= 15 is 0 Å². The van der Waals surface area contributed by atoms with E-state index in [9.17, 15) is 0 Å². The zero-order valence-electron chi connectivity index (χ0n) is 11.1. The molecule has 2 rings (SSSR count). The van der Waals surface area contributed by atoms with E-state index in [4.69, 9.17) is 11.6 Å². The third-order valence-electron chi connectivity index (χ3n) is 2.71. The fourth-order valence-electron chi connectivity index (χ4n) is 1.69. The number of aromatic nitrogens is 2. The van der Waals surface area contributed by atoms with Gasteiger partial charge in [0.15, 0.2) is 0 Å². The summed E-state index contributed by atoms with van der Waals surface area (Å²) >= 11 is 9.83. The number of nitrogens with zero attached hydrogens (tertiary/aromatic N) is 2. The highest BCUT2D eigenvalue weighted by molar-refractivity contribution is 7.98. The van der Waals surface area contributed by atoms with Crippen LogP contribution in [-0.4, -0.2) is 15.7 Å². The molecule has 5 heteroatoms. The highest BCUT2D eigenvalue weighted by Gasteiger charge is 2.13. The van der Waals surface area contributed by atoms with Crippen LogP contribution in [0.15, 0.2) is 0 Å². The molecule has 0 radical (unpaired) electrons. The zero-order valence-corrected chi connectivity index (χ0v) is 13.5. The Balaban J connectivity index is 2.26. The molecule has 0 saturated heterocycles. The molecule has 98 valence electrons. The molecule has 0 bridgehead atoms. The molecule has 0 amide bonds. The van der Waals surface area contributed by atoms with E-state index in [-0.39, 0.29) is 0 Å². The molecular weight excluding hydrogens is 284 g/mol. The summed E-state index contributed by atoms with van der Waals surface area (Å²) in [5.41, 5.74) is 1.21. The van der Waals surface area contributed by atoms with Crippen LogP contribution in [0.1, 0.15) is 30.1 Å². The highest BCUT2D eigenvalue weighted by Crippen LogP contribution is 2.33. The average Bonchev–Trinajstić information content (AvgIpc) is 2.54. The molecule has 0 aliphatic rings. The van der Waals surface area contributed by atoms with Crippen LogP contribution in [0.4, 0.5) is 0 Å². The minimum absolute atomic E-state index is 0.599. The maximum atomic E-state index is 6.27. The zero-order chi connectivity index (χ0) is 13.3. The molecule has 18 heavy (non-hydrogen) atoms. The molecule has 0 unspecified atom stereocenters. The van der Waals surface area contributed by atoms with Gasteiger partial charge in [0.05, 0.1) is 11.1 Å². The lowest BCUT2D eigenvalue weighted by atomic mass is 10.2. The monoisotopic (exact) mass is 300 g/mol. The van der Waals surface area contributed by atoms with Crippen molar-refractivity contribution in [2.75, 3.05) is 5.75 Å². The second-order valence-corrected chi connectivity index (χ2v) is 7.39. The number of hydrogen-bond donors (Lipinski definition) is 0. The van der Waals surface area contributed by atoms with Gasteiger partial charge in [-0.05, 0) is 31.1 Å². The summed E-state index contributed by atoms with van der Waals surface area (Å²) in [6.45, 7) is 8.62.